The molecule has 0 spiro atoms. The number of aromatic nitrogens is 2. The highest BCUT2D eigenvalue weighted by Gasteiger charge is 2.28. The number of benzene rings is 3. The molecule has 2 aliphatic carbocycles. The van der Waals surface area contributed by atoms with Crippen LogP contribution in [-0.4, -0.2) is 28.6 Å². The summed E-state index contributed by atoms with van der Waals surface area (Å²) in [7, 11) is 4.32. The third kappa shape index (κ3) is 3.61. The van der Waals surface area contributed by atoms with Crippen molar-refractivity contribution < 1.29 is 0 Å². The zero-order valence-electron chi connectivity index (χ0n) is 23.4. The molecule has 0 amide bonds. The second kappa shape index (κ2) is 9.50. The van der Waals surface area contributed by atoms with E-state index >= 15 is 0 Å². The number of rotatable bonds is 2. The minimum atomic E-state index is 0.842. The molecule has 44 heavy (non-hydrogen) atoms. The van der Waals surface area contributed by atoms with Gasteiger partial charge in [-0.2, -0.15) is 0 Å². The number of fused-ring (bicyclic) bond motifs is 8. The molecule has 3 aromatic carbocycles. The molecule has 0 radical (unpaired) electrons. The SMILES string of the molecule is Cn1c2cc3c4sc(C=C5C(=S)c6ccccc6C5=S)cc4n(C)c3cc2c2sc(C=C3C(=S)c4ccccc4C3=S)cc21. The third-order valence-electron chi connectivity index (χ3n) is 8.90. The predicted octanol–water partition coefficient (Wildman–Crippen LogP) is 10.2. The van der Waals surface area contributed by atoms with E-state index < -0.39 is 0 Å². The zero-order chi connectivity index (χ0) is 30.0. The van der Waals surface area contributed by atoms with Crippen molar-refractivity contribution in [3.8, 4) is 0 Å². The van der Waals surface area contributed by atoms with E-state index in [2.05, 4.69) is 83.9 Å². The lowest BCUT2D eigenvalue weighted by molar-refractivity contribution is 1.01. The van der Waals surface area contributed by atoms with Gasteiger partial charge in [0.25, 0.3) is 0 Å². The molecule has 0 atom stereocenters. The summed E-state index contributed by atoms with van der Waals surface area (Å²) in [6.07, 6.45) is 4.35. The fraction of sp³-hybridized carbons (Fsp3) is 0.0556. The molecule has 210 valence electrons. The van der Waals surface area contributed by atoms with Gasteiger partial charge in [0.2, 0.25) is 0 Å². The molecule has 0 aliphatic heterocycles. The highest BCUT2D eigenvalue weighted by atomic mass is 32.1. The van der Waals surface area contributed by atoms with Crippen LogP contribution in [0.25, 0.3) is 54.4 Å². The molecule has 9 rings (SSSR count). The average molecular weight is 673 g/mol. The van der Waals surface area contributed by atoms with Gasteiger partial charge in [-0.1, -0.05) is 97.4 Å². The Bertz CT molecular complexity index is 2340. The van der Waals surface area contributed by atoms with E-state index in [1.165, 1.54) is 42.2 Å². The van der Waals surface area contributed by atoms with Crippen LogP contribution in [0.4, 0.5) is 0 Å². The van der Waals surface area contributed by atoms with Crippen LogP contribution in [0.15, 0.2) is 83.9 Å². The van der Waals surface area contributed by atoms with Crippen molar-refractivity contribution in [2.45, 2.75) is 0 Å². The van der Waals surface area contributed by atoms with Crippen molar-refractivity contribution in [3.63, 3.8) is 0 Å². The normalized spacial score (nSPS) is 14.7. The molecule has 0 fully saturated rings. The van der Waals surface area contributed by atoms with Crippen LogP contribution < -0.4 is 0 Å². The molecule has 2 aliphatic rings. The maximum atomic E-state index is 5.83. The largest absolute Gasteiger partial charge is 0.343 e. The van der Waals surface area contributed by atoms with Crippen LogP contribution in [0.2, 0.25) is 0 Å². The third-order valence-corrected chi connectivity index (χ3v) is 12.9. The minimum Gasteiger partial charge on any atom is -0.343 e. The molecule has 0 N–H and O–H groups in total. The van der Waals surface area contributed by atoms with Crippen molar-refractivity contribution in [2.24, 2.45) is 14.1 Å². The van der Waals surface area contributed by atoms with Crippen molar-refractivity contribution in [1.82, 2.24) is 9.13 Å². The van der Waals surface area contributed by atoms with Crippen molar-refractivity contribution >= 4 is 145 Å². The molecule has 0 bridgehead atoms. The van der Waals surface area contributed by atoms with Gasteiger partial charge in [-0.3, -0.25) is 0 Å². The van der Waals surface area contributed by atoms with Crippen LogP contribution in [0.3, 0.4) is 0 Å². The summed E-state index contributed by atoms with van der Waals surface area (Å²) in [5.41, 5.74) is 11.1. The van der Waals surface area contributed by atoms with Gasteiger partial charge in [0.15, 0.2) is 0 Å². The standard InChI is InChI=1S/C36H20N2S6/c1-37-27-15-24-28(38(2)30-14-18(44-36(24)30)12-26-33(41)21-9-5-6-10-22(21)34(26)42)16-23(27)35-29(37)13-17(43-35)11-25-31(39)19-7-3-4-8-20(19)32(25)40/h3-16H,1-2H3. The van der Waals surface area contributed by atoms with E-state index in [1.54, 1.807) is 22.7 Å². The summed E-state index contributed by atoms with van der Waals surface area (Å²) in [6.45, 7) is 0. The van der Waals surface area contributed by atoms with E-state index in [4.69, 9.17) is 48.9 Å². The fourth-order valence-electron chi connectivity index (χ4n) is 6.67. The molecule has 7 aromatic rings. The van der Waals surface area contributed by atoms with Gasteiger partial charge < -0.3 is 9.13 Å². The van der Waals surface area contributed by atoms with Gasteiger partial charge in [-0.15, -0.1) is 22.7 Å². The molecule has 0 unspecified atom stereocenters. The first-order chi connectivity index (χ1) is 21.3. The fourth-order valence-corrected chi connectivity index (χ4v) is 10.5. The lowest BCUT2D eigenvalue weighted by atomic mass is 10.1. The van der Waals surface area contributed by atoms with Crippen LogP contribution in [0.1, 0.15) is 32.0 Å². The average Bonchev–Trinajstić information content (AvgIpc) is 3.85. The van der Waals surface area contributed by atoms with Gasteiger partial charge in [0, 0.05) is 68.0 Å². The Morgan fingerprint density at radius 3 is 1.18 bits per heavy atom. The summed E-state index contributed by atoms with van der Waals surface area (Å²) >= 11 is 26.9. The molecule has 2 nitrogen and oxygen atoms in total. The van der Waals surface area contributed by atoms with Gasteiger partial charge in [-0.05, 0) is 36.4 Å². The van der Waals surface area contributed by atoms with E-state index in [0.29, 0.717) is 0 Å². The number of hydrogen-bond donors (Lipinski definition) is 0. The van der Waals surface area contributed by atoms with Crippen molar-refractivity contribution in [3.05, 3.63) is 116 Å². The molecule has 4 aromatic heterocycles. The van der Waals surface area contributed by atoms with Gasteiger partial charge in [0.1, 0.15) is 0 Å². The minimum absolute atomic E-state index is 0.842. The molecular formula is C36H20N2S6. The van der Waals surface area contributed by atoms with E-state index in [-0.39, 0.29) is 0 Å². The highest BCUT2D eigenvalue weighted by Crippen LogP contribution is 2.43. The smallest absolute Gasteiger partial charge is 0.0607 e. The summed E-state index contributed by atoms with van der Waals surface area (Å²) < 4.78 is 7.18. The number of hydrogen-bond acceptors (Lipinski definition) is 6. The summed E-state index contributed by atoms with van der Waals surface area (Å²) in [6, 6.07) is 25.6. The quantitative estimate of drug-likeness (QED) is 0.134. The van der Waals surface area contributed by atoms with Crippen molar-refractivity contribution in [2.75, 3.05) is 0 Å². The number of aryl methyl sites for hydroxylation is 2. The maximum Gasteiger partial charge on any atom is 0.0607 e. The maximum absolute atomic E-state index is 5.83. The molecule has 8 heteroatoms. The lowest BCUT2D eigenvalue weighted by Gasteiger charge is -2.02. The first kappa shape index (κ1) is 26.9. The van der Waals surface area contributed by atoms with Crippen LogP contribution in [0, 0.1) is 0 Å². The Balaban J connectivity index is 1.15. The number of thiophene rings is 2. The van der Waals surface area contributed by atoms with Crippen LogP contribution >= 0.6 is 71.5 Å². The second-order valence-corrected chi connectivity index (χ2v) is 15.1. The number of nitrogens with zero attached hydrogens (tertiary/aromatic N) is 2. The summed E-state index contributed by atoms with van der Waals surface area (Å²) in [4.78, 5) is 5.69. The van der Waals surface area contributed by atoms with Crippen LogP contribution in [0.5, 0.6) is 0 Å². The number of thiocarbonyl (C=S) groups is 4. The van der Waals surface area contributed by atoms with E-state index in [0.717, 1.165) is 62.6 Å². The molecule has 4 heterocycles. The van der Waals surface area contributed by atoms with Crippen molar-refractivity contribution in [1.29, 1.82) is 0 Å². The second-order valence-electron chi connectivity index (χ2n) is 11.3. The molecule has 0 saturated carbocycles. The van der Waals surface area contributed by atoms with E-state index in [1.807, 2.05) is 24.3 Å². The Morgan fingerprint density at radius 1 is 0.500 bits per heavy atom. The highest BCUT2D eigenvalue weighted by molar-refractivity contribution is 7.84. The van der Waals surface area contributed by atoms with E-state index in [9.17, 15) is 0 Å². The first-order valence-corrected chi connectivity index (χ1v) is 17.3. The Morgan fingerprint density at radius 2 is 0.841 bits per heavy atom. The van der Waals surface area contributed by atoms with Gasteiger partial charge >= 0.3 is 0 Å². The van der Waals surface area contributed by atoms with Gasteiger partial charge in [0.05, 0.1) is 50.9 Å². The predicted molar refractivity (Wildman–Crippen MR) is 206 cm³/mol. The Labute approximate surface area is 282 Å². The first-order valence-electron chi connectivity index (χ1n) is 14.0. The number of allylic oxidation sites excluding steroid dienone is 2. The summed E-state index contributed by atoms with van der Waals surface area (Å²) in [5.74, 6) is 0. The zero-order valence-corrected chi connectivity index (χ0v) is 28.3. The summed E-state index contributed by atoms with van der Waals surface area (Å²) in [5, 5.41) is 2.53. The molecular weight excluding hydrogens is 653 g/mol. The Hall–Kier alpha value is -3.50. The Kier molecular flexibility index (Phi) is 5.80. The monoisotopic (exact) mass is 672 g/mol. The van der Waals surface area contributed by atoms with Crippen LogP contribution in [-0.2, 0) is 14.1 Å². The molecule has 0 saturated heterocycles. The van der Waals surface area contributed by atoms with Gasteiger partial charge in [-0.25, -0.2) is 0 Å². The lowest BCUT2D eigenvalue weighted by Crippen LogP contribution is -1.97. The topological polar surface area (TPSA) is 9.86 Å².